The van der Waals surface area contributed by atoms with Gasteiger partial charge in [-0.2, -0.15) is 0 Å². The third-order valence-corrected chi connectivity index (χ3v) is 9.75. The maximum atomic E-state index is 9.71. The van der Waals surface area contributed by atoms with Gasteiger partial charge in [0.15, 0.2) is 0 Å². The summed E-state index contributed by atoms with van der Waals surface area (Å²) < 4.78 is 85.6. The summed E-state index contributed by atoms with van der Waals surface area (Å²) in [5.41, 5.74) is 5.42. The van der Waals surface area contributed by atoms with Crippen molar-refractivity contribution in [3.05, 3.63) is 158 Å². The molecule has 220 valence electrons. The summed E-state index contributed by atoms with van der Waals surface area (Å²) in [4.78, 5) is 7.82. The predicted octanol–water partition coefficient (Wildman–Crippen LogP) is 12.6. The molecular weight excluding hydrogens is 593 g/mol. The van der Waals surface area contributed by atoms with Gasteiger partial charge in [-0.25, -0.2) is 4.98 Å². The Morgan fingerprint density at radius 1 is 0.596 bits per heavy atom. The number of fused-ring (bicyclic) bond motifs is 6. The van der Waals surface area contributed by atoms with Crippen LogP contribution in [-0.4, -0.2) is 4.98 Å². The average Bonchev–Trinajstić information content (AvgIpc) is 3.91. The number of hydrogen-bond acceptors (Lipinski definition) is 4. The van der Waals surface area contributed by atoms with Gasteiger partial charge in [0.1, 0.15) is 16.2 Å². The summed E-state index contributed by atoms with van der Waals surface area (Å²) in [7, 11) is 0. The minimum Gasteiger partial charge on any atom is -0.456 e. The Hall–Kier alpha value is -5.97. The van der Waals surface area contributed by atoms with E-state index in [2.05, 4.69) is 0 Å². The first-order chi connectivity index (χ1) is 27.0. The molecule has 0 aliphatic heterocycles. The standard InChI is InChI=1S/C43H26N2OS/c1-3-11-27(12-4-1)29-15-9-16-30(25-29)45(31-21-24-39-36(26-31)32-17-7-8-20-38(32)46-39)37-23-22-35-40-33(37)18-10-19-34(40)41-42(35)47-43(44-41)28-13-5-2-6-14-28/h1-26H/i1D,3D,4D,9D,11D,12D,15D,16D,25D. The van der Waals surface area contributed by atoms with Crippen molar-refractivity contribution >= 4 is 61.1 Å². The fourth-order valence-electron chi connectivity index (χ4n) is 6.55. The summed E-state index contributed by atoms with van der Waals surface area (Å²) >= 11 is 1.61. The smallest absolute Gasteiger partial charge is 0.135 e. The van der Waals surface area contributed by atoms with Crippen LogP contribution >= 0.6 is 11.3 Å². The molecule has 0 amide bonds. The van der Waals surface area contributed by atoms with Crippen molar-refractivity contribution in [2.75, 3.05) is 4.90 Å². The number of furan rings is 1. The van der Waals surface area contributed by atoms with Gasteiger partial charge in [0.2, 0.25) is 0 Å². The van der Waals surface area contributed by atoms with Gasteiger partial charge >= 0.3 is 0 Å². The van der Waals surface area contributed by atoms with E-state index in [4.69, 9.17) is 19.0 Å². The number of para-hydroxylation sites is 1. The van der Waals surface area contributed by atoms with E-state index in [9.17, 15) is 2.74 Å². The molecule has 2 aromatic heterocycles. The molecule has 10 rings (SSSR count). The van der Waals surface area contributed by atoms with Crippen molar-refractivity contribution in [3.63, 3.8) is 0 Å². The summed E-state index contributed by atoms with van der Waals surface area (Å²) in [6.07, 6.45) is 0. The van der Waals surface area contributed by atoms with E-state index in [0.29, 0.717) is 22.5 Å². The first-order valence-electron chi connectivity index (χ1n) is 19.6. The molecule has 0 radical (unpaired) electrons. The zero-order valence-electron chi connectivity index (χ0n) is 33.5. The number of rotatable bonds is 5. The Bertz CT molecular complexity index is 3100. The van der Waals surface area contributed by atoms with Crippen molar-refractivity contribution in [2.45, 2.75) is 0 Å². The second-order valence-corrected chi connectivity index (χ2v) is 12.3. The van der Waals surface area contributed by atoms with E-state index in [1.54, 1.807) is 22.3 Å². The quantitative estimate of drug-likeness (QED) is 0.190. The number of thiazole rings is 1. The molecule has 47 heavy (non-hydrogen) atoms. The first kappa shape index (κ1) is 18.9. The van der Waals surface area contributed by atoms with Gasteiger partial charge in [-0.1, -0.05) is 115 Å². The van der Waals surface area contributed by atoms with Gasteiger partial charge in [0, 0.05) is 49.6 Å². The molecule has 1 aliphatic carbocycles. The van der Waals surface area contributed by atoms with Crippen LogP contribution in [0, 0.1) is 0 Å². The SMILES string of the molecule is [2H]c1c([2H])c([2H])c(-c2c([2H])c([2H])c([2H])c(N(c3ccc4oc5ccccc5c4c3)c3ccc4c5c(cccc35)-c3nc(-c5ccccc5)sc3-4)c2[2H])c([2H])c1[2H]. The van der Waals surface area contributed by atoms with E-state index in [-0.39, 0.29) is 16.8 Å². The van der Waals surface area contributed by atoms with Crippen molar-refractivity contribution in [3.8, 4) is 43.4 Å². The lowest BCUT2D eigenvalue weighted by Crippen LogP contribution is -2.10. The Balaban J connectivity index is 1.27. The molecule has 0 saturated heterocycles. The summed E-state index contributed by atoms with van der Waals surface area (Å²) in [6.45, 7) is 0. The minimum absolute atomic E-state index is 0.0853. The molecule has 0 unspecified atom stereocenters. The highest BCUT2D eigenvalue weighted by Gasteiger charge is 2.29. The normalized spacial score (nSPS) is 14.5. The maximum absolute atomic E-state index is 9.71. The molecule has 0 saturated carbocycles. The van der Waals surface area contributed by atoms with Crippen LogP contribution in [0.1, 0.15) is 12.3 Å². The molecule has 2 heterocycles. The lowest BCUT2D eigenvalue weighted by Gasteiger charge is -2.28. The number of aromatic nitrogens is 1. The second-order valence-electron chi connectivity index (χ2n) is 11.3. The highest BCUT2D eigenvalue weighted by molar-refractivity contribution is 7.19. The van der Waals surface area contributed by atoms with Gasteiger partial charge in [0.25, 0.3) is 0 Å². The van der Waals surface area contributed by atoms with Crippen molar-refractivity contribution in [2.24, 2.45) is 0 Å². The topological polar surface area (TPSA) is 29.3 Å². The molecule has 0 atom stereocenters. The van der Waals surface area contributed by atoms with Crippen molar-refractivity contribution in [1.82, 2.24) is 4.98 Å². The van der Waals surface area contributed by atoms with Crippen LogP contribution in [0.15, 0.2) is 162 Å². The van der Waals surface area contributed by atoms with Gasteiger partial charge in [-0.15, -0.1) is 11.3 Å². The molecule has 0 N–H and O–H groups in total. The van der Waals surface area contributed by atoms with Crippen LogP contribution in [-0.2, 0) is 0 Å². The van der Waals surface area contributed by atoms with Gasteiger partial charge in [-0.05, 0) is 53.5 Å². The zero-order valence-corrected chi connectivity index (χ0v) is 25.3. The van der Waals surface area contributed by atoms with Gasteiger partial charge in [0.05, 0.1) is 28.6 Å². The Morgan fingerprint density at radius 2 is 1.40 bits per heavy atom. The lowest BCUT2D eigenvalue weighted by atomic mass is 10.00. The number of nitrogens with zero attached hydrogens (tertiary/aromatic N) is 2. The third kappa shape index (κ3) is 4.09. The molecule has 4 heteroatoms. The van der Waals surface area contributed by atoms with Crippen molar-refractivity contribution in [1.29, 1.82) is 0 Å². The zero-order chi connectivity index (χ0) is 38.7. The number of benzene rings is 7. The van der Waals surface area contributed by atoms with E-state index in [0.717, 1.165) is 53.8 Å². The first-order valence-corrected chi connectivity index (χ1v) is 15.9. The highest BCUT2D eigenvalue weighted by atomic mass is 32.1. The van der Waals surface area contributed by atoms with E-state index >= 15 is 0 Å². The number of anilines is 3. The highest BCUT2D eigenvalue weighted by Crippen LogP contribution is 2.54. The average molecular weight is 628 g/mol. The van der Waals surface area contributed by atoms with Crippen LogP contribution in [0.5, 0.6) is 0 Å². The molecule has 1 aliphatic rings. The van der Waals surface area contributed by atoms with Gasteiger partial charge in [-0.3, -0.25) is 0 Å². The monoisotopic (exact) mass is 627 g/mol. The third-order valence-electron chi connectivity index (χ3n) is 8.61. The lowest BCUT2D eigenvalue weighted by molar-refractivity contribution is 0.669. The predicted molar refractivity (Wildman–Crippen MR) is 197 cm³/mol. The second kappa shape index (κ2) is 10.3. The molecule has 0 bridgehead atoms. The van der Waals surface area contributed by atoms with E-state index in [1.807, 2.05) is 97.1 Å². The summed E-state index contributed by atoms with van der Waals surface area (Å²) in [5.74, 6) is 0. The summed E-state index contributed by atoms with van der Waals surface area (Å²) in [6, 6.07) is 28.0. The molecule has 9 aromatic rings. The fraction of sp³-hybridized carbons (Fsp3) is 0. The van der Waals surface area contributed by atoms with Crippen LogP contribution in [0.4, 0.5) is 17.1 Å². The number of hydrogen-bond donors (Lipinski definition) is 0. The Kier molecular flexibility index (Phi) is 4.13. The van der Waals surface area contributed by atoms with Crippen LogP contribution in [0.25, 0.3) is 76.1 Å². The largest absolute Gasteiger partial charge is 0.456 e. The molecule has 7 aromatic carbocycles. The maximum Gasteiger partial charge on any atom is 0.135 e. The molecule has 0 fully saturated rings. The van der Waals surface area contributed by atoms with Gasteiger partial charge < -0.3 is 9.32 Å². The molecule has 3 nitrogen and oxygen atoms in total. The summed E-state index contributed by atoms with van der Waals surface area (Å²) in [5, 5.41) is 4.26. The van der Waals surface area contributed by atoms with E-state index in [1.165, 1.54) is 0 Å². The van der Waals surface area contributed by atoms with Crippen LogP contribution < -0.4 is 4.90 Å². The fourth-order valence-corrected chi connectivity index (χ4v) is 7.67. The Morgan fingerprint density at radius 3 is 2.32 bits per heavy atom. The minimum atomic E-state index is -0.624. The van der Waals surface area contributed by atoms with Crippen LogP contribution in [0.3, 0.4) is 0 Å². The molecular formula is C43H26N2OS. The Labute approximate surface area is 288 Å². The van der Waals surface area contributed by atoms with Crippen molar-refractivity contribution < 1.29 is 16.8 Å². The van der Waals surface area contributed by atoms with E-state index < -0.39 is 54.4 Å². The van der Waals surface area contributed by atoms with Crippen LogP contribution in [0.2, 0.25) is 0 Å². The molecule has 0 spiro atoms.